The highest BCUT2D eigenvalue weighted by Gasteiger charge is 2.31. The minimum absolute atomic E-state index is 0.265. The van der Waals surface area contributed by atoms with Crippen molar-refractivity contribution in [2.45, 2.75) is 33.1 Å². The van der Waals surface area contributed by atoms with E-state index in [4.69, 9.17) is 10.7 Å². The second-order valence-electron chi connectivity index (χ2n) is 8.12. The molecule has 0 bridgehead atoms. The fourth-order valence-corrected chi connectivity index (χ4v) is 4.34. The van der Waals surface area contributed by atoms with Crippen LogP contribution in [0.25, 0.3) is 33.1 Å². The van der Waals surface area contributed by atoms with E-state index in [2.05, 4.69) is 66.5 Å². The molecule has 4 heteroatoms. The molecule has 2 heterocycles. The molecule has 5 rings (SSSR count). The number of aromatic nitrogens is 3. The molecule has 2 aromatic heterocycles. The van der Waals surface area contributed by atoms with Gasteiger partial charge in [-0.15, -0.1) is 0 Å². The Labute approximate surface area is 152 Å². The van der Waals surface area contributed by atoms with Crippen molar-refractivity contribution in [2.24, 2.45) is 5.41 Å². The quantitative estimate of drug-likeness (QED) is 0.518. The first-order chi connectivity index (χ1) is 12.5. The lowest BCUT2D eigenvalue weighted by Gasteiger charge is -2.32. The lowest BCUT2D eigenvalue weighted by Crippen LogP contribution is -2.23. The van der Waals surface area contributed by atoms with Crippen LogP contribution >= 0.6 is 0 Å². The summed E-state index contributed by atoms with van der Waals surface area (Å²) in [5, 5.41) is 10.8. The number of nitrogens with zero attached hydrogens (tertiary/aromatic N) is 2. The van der Waals surface area contributed by atoms with Gasteiger partial charge in [0.25, 0.3) is 0 Å². The zero-order chi connectivity index (χ0) is 17.9. The van der Waals surface area contributed by atoms with E-state index in [0.717, 1.165) is 36.0 Å². The minimum atomic E-state index is 0.265. The van der Waals surface area contributed by atoms with E-state index < -0.39 is 0 Å². The standard InChI is InChI=1S/C22H22N4/c1-22(2)11-10-16-17(12-22)18-20(23)25-26-21(18)24-19(16)15-9-5-7-13-6-3-4-8-14(13)15/h3-9H,10-12H2,1-2H3,(H3,23,24,25,26). The third-order valence-corrected chi connectivity index (χ3v) is 5.70. The molecule has 2 aromatic carbocycles. The number of nitrogen functional groups attached to an aromatic ring is 1. The number of anilines is 1. The molecule has 4 aromatic rings. The number of nitrogens with one attached hydrogen (secondary N) is 1. The second kappa shape index (κ2) is 5.31. The van der Waals surface area contributed by atoms with Gasteiger partial charge < -0.3 is 5.73 Å². The first kappa shape index (κ1) is 15.4. The van der Waals surface area contributed by atoms with Crippen LogP contribution in [0.15, 0.2) is 42.5 Å². The SMILES string of the molecule is CC1(C)CCc2c(-c3cccc4ccccc34)nc3n[nH]c(N)c3c2C1. The molecule has 4 nitrogen and oxygen atoms in total. The van der Waals surface area contributed by atoms with E-state index in [1.807, 2.05) is 0 Å². The monoisotopic (exact) mass is 342 g/mol. The summed E-state index contributed by atoms with van der Waals surface area (Å²) >= 11 is 0. The van der Waals surface area contributed by atoms with E-state index in [-0.39, 0.29) is 5.41 Å². The Morgan fingerprint density at radius 3 is 2.73 bits per heavy atom. The summed E-state index contributed by atoms with van der Waals surface area (Å²) in [5.74, 6) is 0.630. The summed E-state index contributed by atoms with van der Waals surface area (Å²) in [7, 11) is 0. The smallest absolute Gasteiger partial charge is 0.183 e. The molecule has 0 saturated heterocycles. The first-order valence-corrected chi connectivity index (χ1v) is 9.17. The van der Waals surface area contributed by atoms with Gasteiger partial charge in [-0.3, -0.25) is 5.10 Å². The molecule has 0 aliphatic heterocycles. The van der Waals surface area contributed by atoms with E-state index in [0.29, 0.717) is 5.82 Å². The number of rotatable bonds is 1. The van der Waals surface area contributed by atoms with Gasteiger partial charge in [0, 0.05) is 5.56 Å². The fraction of sp³-hybridized carbons (Fsp3) is 0.273. The zero-order valence-electron chi connectivity index (χ0n) is 15.1. The van der Waals surface area contributed by atoms with Gasteiger partial charge in [0.05, 0.1) is 11.1 Å². The minimum Gasteiger partial charge on any atom is -0.384 e. The maximum Gasteiger partial charge on any atom is 0.183 e. The number of nitrogens with two attached hydrogens (primary N) is 1. The van der Waals surface area contributed by atoms with Crippen LogP contribution in [0.3, 0.4) is 0 Å². The van der Waals surface area contributed by atoms with Crippen molar-refractivity contribution in [1.29, 1.82) is 0 Å². The average molecular weight is 342 g/mol. The molecule has 26 heavy (non-hydrogen) atoms. The summed E-state index contributed by atoms with van der Waals surface area (Å²) in [6, 6.07) is 14.9. The Kier molecular flexibility index (Phi) is 3.14. The number of aromatic amines is 1. The topological polar surface area (TPSA) is 67.6 Å². The average Bonchev–Trinajstić information content (AvgIpc) is 3.01. The van der Waals surface area contributed by atoms with Crippen molar-refractivity contribution >= 4 is 27.6 Å². The van der Waals surface area contributed by atoms with Gasteiger partial charge in [0.15, 0.2) is 5.65 Å². The van der Waals surface area contributed by atoms with Gasteiger partial charge in [-0.05, 0) is 46.6 Å². The lowest BCUT2D eigenvalue weighted by molar-refractivity contribution is 0.317. The maximum absolute atomic E-state index is 6.21. The summed E-state index contributed by atoms with van der Waals surface area (Å²) in [6.07, 6.45) is 3.18. The summed E-state index contributed by atoms with van der Waals surface area (Å²) in [6.45, 7) is 4.66. The molecule has 0 amide bonds. The van der Waals surface area contributed by atoms with Crippen LogP contribution in [-0.2, 0) is 12.8 Å². The molecular weight excluding hydrogens is 320 g/mol. The van der Waals surface area contributed by atoms with E-state index in [1.165, 1.54) is 27.5 Å². The Morgan fingerprint density at radius 2 is 1.85 bits per heavy atom. The van der Waals surface area contributed by atoms with Gasteiger partial charge in [-0.25, -0.2) is 4.98 Å². The van der Waals surface area contributed by atoms with Crippen LogP contribution in [-0.4, -0.2) is 15.2 Å². The number of H-pyrrole nitrogens is 1. The first-order valence-electron chi connectivity index (χ1n) is 9.17. The van der Waals surface area contributed by atoms with E-state index in [1.54, 1.807) is 0 Å². The van der Waals surface area contributed by atoms with Crippen LogP contribution in [0, 0.1) is 5.41 Å². The van der Waals surface area contributed by atoms with Gasteiger partial charge in [0.2, 0.25) is 0 Å². The van der Waals surface area contributed by atoms with Crippen LogP contribution in [0.5, 0.6) is 0 Å². The highest BCUT2D eigenvalue weighted by atomic mass is 15.2. The third-order valence-electron chi connectivity index (χ3n) is 5.70. The number of hydrogen-bond acceptors (Lipinski definition) is 3. The predicted molar refractivity (Wildman–Crippen MR) is 107 cm³/mol. The number of benzene rings is 2. The highest BCUT2D eigenvalue weighted by molar-refractivity contribution is 5.99. The highest BCUT2D eigenvalue weighted by Crippen LogP contribution is 2.43. The van der Waals surface area contributed by atoms with Gasteiger partial charge in [-0.1, -0.05) is 56.3 Å². The molecule has 0 unspecified atom stereocenters. The van der Waals surface area contributed by atoms with E-state index >= 15 is 0 Å². The molecule has 0 atom stereocenters. The van der Waals surface area contributed by atoms with Crippen molar-refractivity contribution in [3.63, 3.8) is 0 Å². The van der Waals surface area contributed by atoms with Crippen molar-refractivity contribution in [3.05, 3.63) is 53.6 Å². The third kappa shape index (κ3) is 2.22. The number of pyridine rings is 1. The molecule has 1 aliphatic carbocycles. The fourth-order valence-electron chi connectivity index (χ4n) is 4.34. The summed E-state index contributed by atoms with van der Waals surface area (Å²) in [4.78, 5) is 4.96. The van der Waals surface area contributed by atoms with Crippen LogP contribution in [0.2, 0.25) is 0 Å². The Balaban J connectivity index is 1.87. The van der Waals surface area contributed by atoms with Crippen molar-refractivity contribution in [2.75, 3.05) is 5.73 Å². The van der Waals surface area contributed by atoms with Gasteiger partial charge in [0.1, 0.15) is 5.82 Å². The molecule has 0 fully saturated rings. The number of hydrogen-bond donors (Lipinski definition) is 2. The number of fused-ring (bicyclic) bond motifs is 4. The Hall–Kier alpha value is -2.88. The Bertz CT molecular complexity index is 1150. The molecular formula is C22H22N4. The molecule has 0 saturated carbocycles. The van der Waals surface area contributed by atoms with E-state index in [9.17, 15) is 0 Å². The maximum atomic E-state index is 6.21. The van der Waals surface area contributed by atoms with Gasteiger partial charge in [-0.2, -0.15) is 5.10 Å². The normalized spacial score (nSPS) is 16.1. The largest absolute Gasteiger partial charge is 0.384 e. The molecule has 130 valence electrons. The summed E-state index contributed by atoms with van der Waals surface area (Å²) < 4.78 is 0. The van der Waals surface area contributed by atoms with Crippen molar-refractivity contribution in [1.82, 2.24) is 15.2 Å². The molecule has 0 radical (unpaired) electrons. The van der Waals surface area contributed by atoms with Crippen molar-refractivity contribution < 1.29 is 0 Å². The van der Waals surface area contributed by atoms with Crippen LogP contribution < -0.4 is 5.73 Å². The van der Waals surface area contributed by atoms with Crippen LogP contribution in [0.1, 0.15) is 31.4 Å². The zero-order valence-corrected chi connectivity index (χ0v) is 15.1. The molecule has 1 aliphatic rings. The van der Waals surface area contributed by atoms with Crippen LogP contribution in [0.4, 0.5) is 5.82 Å². The molecule has 0 spiro atoms. The predicted octanol–water partition coefficient (Wildman–Crippen LogP) is 4.88. The van der Waals surface area contributed by atoms with Gasteiger partial charge >= 0.3 is 0 Å². The van der Waals surface area contributed by atoms with Crippen molar-refractivity contribution in [3.8, 4) is 11.3 Å². The molecule has 3 N–H and O–H groups in total. The second-order valence-corrected chi connectivity index (χ2v) is 8.12. The lowest BCUT2D eigenvalue weighted by atomic mass is 9.73. The Morgan fingerprint density at radius 1 is 1.04 bits per heavy atom. The summed E-state index contributed by atoms with van der Waals surface area (Å²) in [5.41, 5.74) is 12.1.